The van der Waals surface area contributed by atoms with E-state index in [1.54, 1.807) is 35.6 Å². The van der Waals surface area contributed by atoms with E-state index in [1.807, 2.05) is 47.8 Å². The summed E-state index contributed by atoms with van der Waals surface area (Å²) >= 11 is 3.04. The molecular weight excluding hydrogens is 452 g/mol. The zero-order chi connectivity index (χ0) is 22.8. The molecular formula is C25H22N4O2S2. The molecule has 0 aliphatic heterocycles. The number of ketones is 1. The highest BCUT2D eigenvalue weighted by Gasteiger charge is 2.33. The van der Waals surface area contributed by atoms with Gasteiger partial charge < -0.3 is 5.32 Å². The van der Waals surface area contributed by atoms with Crippen molar-refractivity contribution < 1.29 is 9.59 Å². The summed E-state index contributed by atoms with van der Waals surface area (Å²) < 4.78 is 2.18. The molecule has 5 rings (SSSR count). The quantitative estimate of drug-likeness (QED) is 0.250. The second kappa shape index (κ2) is 9.33. The third kappa shape index (κ3) is 4.77. The fourth-order valence-corrected chi connectivity index (χ4v) is 5.44. The number of nitrogens with one attached hydrogen (secondary N) is 1. The third-order valence-electron chi connectivity index (χ3n) is 5.42. The molecule has 1 aliphatic carbocycles. The second-order valence-electron chi connectivity index (χ2n) is 7.92. The van der Waals surface area contributed by atoms with Gasteiger partial charge in [0.05, 0.1) is 4.88 Å². The van der Waals surface area contributed by atoms with Gasteiger partial charge in [0.25, 0.3) is 0 Å². The molecule has 0 radical (unpaired) electrons. The normalized spacial score (nSPS) is 14.1. The van der Waals surface area contributed by atoms with Gasteiger partial charge in [-0.3, -0.25) is 14.2 Å². The minimum Gasteiger partial charge on any atom is -0.325 e. The van der Waals surface area contributed by atoms with Crippen LogP contribution >= 0.6 is 23.1 Å². The highest BCUT2D eigenvalue weighted by Crippen LogP contribution is 2.44. The van der Waals surface area contributed by atoms with E-state index in [1.165, 1.54) is 18.7 Å². The van der Waals surface area contributed by atoms with E-state index in [4.69, 9.17) is 0 Å². The largest absolute Gasteiger partial charge is 0.325 e. The first-order valence-electron chi connectivity index (χ1n) is 10.7. The lowest BCUT2D eigenvalue weighted by Crippen LogP contribution is -2.19. The highest BCUT2D eigenvalue weighted by atomic mass is 32.2. The summed E-state index contributed by atoms with van der Waals surface area (Å²) in [6.07, 6.45) is 2.17. The van der Waals surface area contributed by atoms with Crippen LogP contribution in [0.4, 0.5) is 5.69 Å². The minimum atomic E-state index is -0.523. The Morgan fingerprint density at radius 1 is 1.06 bits per heavy atom. The van der Waals surface area contributed by atoms with E-state index in [0.717, 1.165) is 34.3 Å². The van der Waals surface area contributed by atoms with E-state index in [2.05, 4.69) is 20.1 Å². The van der Waals surface area contributed by atoms with E-state index < -0.39 is 5.25 Å². The Morgan fingerprint density at radius 2 is 1.88 bits per heavy atom. The molecule has 2 aromatic heterocycles. The number of thioether (sulfide) groups is 1. The first kappa shape index (κ1) is 21.6. The maximum atomic E-state index is 13.5. The highest BCUT2D eigenvalue weighted by molar-refractivity contribution is 8.00. The van der Waals surface area contributed by atoms with Gasteiger partial charge in [0, 0.05) is 17.3 Å². The van der Waals surface area contributed by atoms with E-state index in [0.29, 0.717) is 17.3 Å². The zero-order valence-electron chi connectivity index (χ0n) is 18.0. The van der Waals surface area contributed by atoms with Crippen LogP contribution in [0.3, 0.4) is 0 Å². The van der Waals surface area contributed by atoms with Crippen LogP contribution in [0.5, 0.6) is 0 Å². The number of benzene rings is 2. The van der Waals surface area contributed by atoms with Gasteiger partial charge in [-0.05, 0) is 48.9 Å². The number of thiophene rings is 1. The van der Waals surface area contributed by atoms with Crippen molar-refractivity contribution in [2.75, 3.05) is 5.32 Å². The Labute approximate surface area is 200 Å². The van der Waals surface area contributed by atoms with Gasteiger partial charge in [-0.15, -0.1) is 21.5 Å². The number of hydrogen-bond acceptors (Lipinski definition) is 6. The first-order valence-corrected chi connectivity index (χ1v) is 12.5. The summed E-state index contributed by atoms with van der Waals surface area (Å²) in [5.74, 6) is 0.644. The number of hydrogen-bond donors (Lipinski definition) is 1. The maximum Gasteiger partial charge on any atom is 0.242 e. The fraction of sp³-hybridized carbons (Fsp3) is 0.200. The number of rotatable bonds is 8. The average molecular weight is 475 g/mol. The third-order valence-corrected chi connectivity index (χ3v) is 7.50. The Bertz CT molecular complexity index is 1280. The molecule has 1 amide bonds. The van der Waals surface area contributed by atoms with Gasteiger partial charge in [0.1, 0.15) is 5.25 Å². The van der Waals surface area contributed by atoms with Crippen LogP contribution in [0.15, 0.2) is 77.3 Å². The standard InChI is InChI=1S/C25H22N4O2S2/c1-16(30)18-9-5-10-19(15-18)26-24(31)22(17-7-3-2-4-8-17)33-25-28-27-23(21-11-6-14-32-21)29(25)20-12-13-20/h2-11,14-15,20,22H,12-13H2,1H3,(H,26,31). The molecule has 8 heteroatoms. The summed E-state index contributed by atoms with van der Waals surface area (Å²) in [7, 11) is 0. The Balaban J connectivity index is 1.47. The molecule has 2 aromatic carbocycles. The molecule has 4 aromatic rings. The minimum absolute atomic E-state index is 0.0428. The molecule has 1 N–H and O–H groups in total. The summed E-state index contributed by atoms with van der Waals surface area (Å²) in [6.45, 7) is 1.51. The van der Waals surface area contributed by atoms with Crippen molar-refractivity contribution in [2.45, 2.75) is 36.2 Å². The Morgan fingerprint density at radius 3 is 2.58 bits per heavy atom. The van der Waals surface area contributed by atoms with Crippen LogP contribution in [0.2, 0.25) is 0 Å². The maximum absolute atomic E-state index is 13.5. The van der Waals surface area contributed by atoms with Crippen LogP contribution in [0.25, 0.3) is 10.7 Å². The molecule has 166 valence electrons. The van der Waals surface area contributed by atoms with Gasteiger partial charge in [0.2, 0.25) is 5.91 Å². The number of nitrogens with zero attached hydrogens (tertiary/aromatic N) is 3. The molecule has 1 aliphatic rings. The lowest BCUT2D eigenvalue weighted by molar-refractivity contribution is -0.115. The van der Waals surface area contributed by atoms with E-state index >= 15 is 0 Å². The van der Waals surface area contributed by atoms with Crippen LogP contribution in [0.1, 0.15) is 47.0 Å². The van der Waals surface area contributed by atoms with Crippen molar-refractivity contribution in [3.05, 3.63) is 83.2 Å². The number of Topliss-reactive ketones (excluding diaryl/α,β-unsaturated/α-hetero) is 1. The summed E-state index contributed by atoms with van der Waals surface area (Å²) in [5, 5.41) is 14.2. The van der Waals surface area contributed by atoms with Gasteiger partial charge in [-0.1, -0.05) is 60.3 Å². The number of carbonyl (C=O) groups is 2. The average Bonchev–Trinajstić information content (AvgIpc) is 3.34. The summed E-state index contributed by atoms with van der Waals surface area (Å²) in [5.41, 5.74) is 2.04. The van der Waals surface area contributed by atoms with Crippen molar-refractivity contribution >= 4 is 40.5 Å². The second-order valence-corrected chi connectivity index (χ2v) is 9.94. The van der Waals surface area contributed by atoms with Gasteiger partial charge >= 0.3 is 0 Å². The predicted molar refractivity (Wildman–Crippen MR) is 132 cm³/mol. The Hall–Kier alpha value is -3.23. The van der Waals surface area contributed by atoms with Crippen LogP contribution in [-0.2, 0) is 4.79 Å². The van der Waals surface area contributed by atoms with Crippen LogP contribution in [-0.4, -0.2) is 26.5 Å². The fourth-order valence-electron chi connectivity index (χ4n) is 3.62. The van der Waals surface area contributed by atoms with Crippen molar-refractivity contribution in [3.8, 4) is 10.7 Å². The van der Waals surface area contributed by atoms with E-state index in [-0.39, 0.29) is 11.7 Å². The van der Waals surface area contributed by atoms with Crippen molar-refractivity contribution in [1.82, 2.24) is 14.8 Å². The SMILES string of the molecule is CC(=O)c1cccc(NC(=O)C(Sc2nnc(-c3cccs3)n2C2CC2)c2ccccc2)c1. The Kier molecular flexibility index (Phi) is 6.11. The number of carbonyl (C=O) groups excluding carboxylic acids is 2. The van der Waals surface area contributed by atoms with Crippen LogP contribution < -0.4 is 5.32 Å². The first-order chi connectivity index (χ1) is 16.1. The summed E-state index contributed by atoms with van der Waals surface area (Å²) in [4.78, 5) is 26.3. The molecule has 1 unspecified atom stereocenters. The monoisotopic (exact) mass is 474 g/mol. The van der Waals surface area contributed by atoms with Gasteiger partial charge in [0.15, 0.2) is 16.8 Å². The van der Waals surface area contributed by atoms with Crippen molar-refractivity contribution in [3.63, 3.8) is 0 Å². The predicted octanol–water partition coefficient (Wildman–Crippen LogP) is 6.02. The smallest absolute Gasteiger partial charge is 0.242 e. The summed E-state index contributed by atoms with van der Waals surface area (Å²) in [6, 6.07) is 21.1. The van der Waals surface area contributed by atoms with E-state index in [9.17, 15) is 9.59 Å². The molecule has 1 saturated carbocycles. The molecule has 1 fully saturated rings. The molecule has 6 nitrogen and oxygen atoms in total. The number of anilines is 1. The number of amides is 1. The van der Waals surface area contributed by atoms with Crippen molar-refractivity contribution in [2.24, 2.45) is 0 Å². The molecule has 0 spiro atoms. The lowest BCUT2D eigenvalue weighted by atomic mass is 10.1. The molecule has 1 atom stereocenters. The van der Waals surface area contributed by atoms with Crippen LogP contribution in [0, 0.1) is 0 Å². The van der Waals surface area contributed by atoms with Gasteiger partial charge in [-0.25, -0.2) is 0 Å². The van der Waals surface area contributed by atoms with Crippen molar-refractivity contribution in [1.29, 1.82) is 0 Å². The number of aromatic nitrogens is 3. The topological polar surface area (TPSA) is 76.9 Å². The zero-order valence-corrected chi connectivity index (χ0v) is 19.6. The lowest BCUT2D eigenvalue weighted by Gasteiger charge is -2.17. The molecule has 0 bridgehead atoms. The van der Waals surface area contributed by atoms with Gasteiger partial charge in [-0.2, -0.15) is 0 Å². The molecule has 33 heavy (non-hydrogen) atoms. The molecule has 2 heterocycles. The molecule has 0 saturated heterocycles.